The first-order chi connectivity index (χ1) is 7.08. The summed E-state index contributed by atoms with van der Waals surface area (Å²) in [6.45, 7) is 3.00. The Hall–Kier alpha value is 0.0700. The molecule has 0 aliphatic heterocycles. The van der Waals surface area contributed by atoms with Crippen LogP contribution in [-0.4, -0.2) is 23.7 Å². The van der Waals surface area contributed by atoms with Crippen molar-refractivity contribution < 1.29 is 0 Å². The first kappa shape index (κ1) is 19.4. The van der Waals surface area contributed by atoms with Crippen LogP contribution in [0.15, 0.2) is 24.3 Å². The lowest BCUT2D eigenvalue weighted by Crippen LogP contribution is -2.10. The van der Waals surface area contributed by atoms with Gasteiger partial charge < -0.3 is 11.1 Å². The van der Waals surface area contributed by atoms with Crippen molar-refractivity contribution in [2.75, 3.05) is 14.1 Å². The van der Waals surface area contributed by atoms with Gasteiger partial charge in [-0.05, 0) is 32.1 Å². The van der Waals surface area contributed by atoms with E-state index in [9.17, 15) is 0 Å². The molecule has 1 aromatic rings. The fourth-order valence-corrected chi connectivity index (χ4v) is 2.18. The van der Waals surface area contributed by atoms with Gasteiger partial charge in [-0.15, -0.1) is 35.8 Å². The van der Waals surface area contributed by atoms with E-state index in [1.54, 1.807) is 11.8 Å². The molecule has 1 unspecified atom stereocenters. The number of benzene rings is 1. The van der Waals surface area contributed by atoms with Gasteiger partial charge in [-0.1, -0.05) is 24.3 Å². The van der Waals surface area contributed by atoms with Gasteiger partial charge in [-0.3, -0.25) is 0 Å². The summed E-state index contributed by atoms with van der Waals surface area (Å²) in [5, 5.41) is 0. The van der Waals surface area contributed by atoms with Crippen molar-refractivity contribution in [1.29, 1.82) is 0 Å². The number of halogens is 2. The first-order valence-corrected chi connectivity index (χ1v) is 6.54. The molecule has 0 amide bonds. The van der Waals surface area contributed by atoms with Gasteiger partial charge in [0.1, 0.15) is 0 Å². The van der Waals surface area contributed by atoms with Crippen LogP contribution in [0.1, 0.15) is 18.1 Å². The van der Waals surface area contributed by atoms with Crippen molar-refractivity contribution in [3.8, 4) is 0 Å². The van der Waals surface area contributed by atoms with Gasteiger partial charge in [0.15, 0.2) is 0 Å². The molecule has 2 nitrogen and oxygen atoms in total. The molecular weight excluding hydrogens is 275 g/mol. The predicted octanol–water partition coefficient (Wildman–Crippen LogP) is 4.15. The van der Waals surface area contributed by atoms with Crippen LogP contribution in [0.25, 0.3) is 0 Å². The van der Waals surface area contributed by atoms with E-state index in [1.165, 1.54) is 11.1 Å². The highest BCUT2D eigenvalue weighted by Crippen LogP contribution is 2.20. The molecule has 17 heavy (non-hydrogen) atoms. The van der Waals surface area contributed by atoms with Gasteiger partial charge in [0.2, 0.25) is 0 Å². The first-order valence-electron chi connectivity index (χ1n) is 5.06. The molecule has 1 rings (SSSR count). The van der Waals surface area contributed by atoms with Crippen molar-refractivity contribution in [2.24, 2.45) is 0 Å². The molecule has 0 aliphatic carbocycles. The van der Waals surface area contributed by atoms with E-state index in [4.69, 9.17) is 11.6 Å². The molecule has 0 saturated heterocycles. The fourth-order valence-electron chi connectivity index (χ4n) is 1.39. The van der Waals surface area contributed by atoms with Crippen molar-refractivity contribution >= 4 is 35.8 Å². The molecule has 100 valence electrons. The average molecular weight is 297 g/mol. The Bertz CT molecular complexity index is 306. The molecular formula is C12H22Cl2N2S. The van der Waals surface area contributed by atoms with Crippen molar-refractivity contribution in [1.82, 2.24) is 11.1 Å². The lowest BCUT2D eigenvalue weighted by Gasteiger charge is -2.11. The Kier molecular flexibility index (Phi) is 11.5. The van der Waals surface area contributed by atoms with Gasteiger partial charge in [0.05, 0.1) is 4.71 Å². The van der Waals surface area contributed by atoms with Gasteiger partial charge in [-0.25, -0.2) is 0 Å². The van der Waals surface area contributed by atoms with Crippen LogP contribution in [0.5, 0.6) is 0 Å². The van der Waals surface area contributed by atoms with Crippen LogP contribution in [-0.2, 0) is 12.3 Å². The highest BCUT2D eigenvalue weighted by atomic mass is 35.5. The molecule has 0 saturated carbocycles. The molecule has 5 heteroatoms. The molecule has 3 N–H and O–H groups in total. The quantitative estimate of drug-likeness (QED) is 0.830. The highest BCUT2D eigenvalue weighted by Gasteiger charge is 2.00. The summed E-state index contributed by atoms with van der Waals surface area (Å²) in [5.41, 5.74) is 2.71. The number of alkyl halides is 1. The number of rotatable bonds is 5. The summed E-state index contributed by atoms with van der Waals surface area (Å²) >= 11 is 7.67. The van der Waals surface area contributed by atoms with Crippen LogP contribution in [0.2, 0.25) is 0 Å². The van der Waals surface area contributed by atoms with E-state index in [2.05, 4.69) is 43.3 Å². The second-order valence-corrected chi connectivity index (χ2v) is 6.15. The molecule has 0 aliphatic rings. The van der Waals surface area contributed by atoms with E-state index in [0.29, 0.717) is 0 Å². The standard InChI is InChI=1S/C12H18ClNS.ClH.H3N/c1-10(13)15-9-12-6-4-5-11(7-12)8-14(2)3;;/h4-7,10H,8-9H2,1-3H3;1H;1H3. The van der Waals surface area contributed by atoms with E-state index in [1.807, 2.05) is 6.92 Å². The molecule has 0 spiro atoms. The van der Waals surface area contributed by atoms with Crippen molar-refractivity contribution in [3.63, 3.8) is 0 Å². The molecule has 0 bridgehead atoms. The SMILES string of the molecule is CC(Cl)SCc1cccc(CN(C)C)c1.Cl.N. The van der Waals surface area contributed by atoms with E-state index < -0.39 is 0 Å². The molecule has 0 radical (unpaired) electrons. The van der Waals surface area contributed by atoms with Crippen LogP contribution in [0, 0.1) is 0 Å². The van der Waals surface area contributed by atoms with Crippen LogP contribution >= 0.6 is 35.8 Å². The summed E-state index contributed by atoms with van der Waals surface area (Å²) in [6, 6.07) is 8.70. The maximum absolute atomic E-state index is 5.91. The Morgan fingerprint density at radius 1 is 1.29 bits per heavy atom. The van der Waals surface area contributed by atoms with Crippen LogP contribution in [0.4, 0.5) is 0 Å². The summed E-state index contributed by atoms with van der Waals surface area (Å²) in [6.07, 6.45) is 0. The number of nitrogens with zero attached hydrogens (tertiary/aromatic N) is 1. The second-order valence-electron chi connectivity index (χ2n) is 3.91. The Morgan fingerprint density at radius 3 is 2.41 bits per heavy atom. The van der Waals surface area contributed by atoms with E-state index >= 15 is 0 Å². The van der Waals surface area contributed by atoms with Gasteiger partial charge >= 0.3 is 0 Å². The third-order valence-electron chi connectivity index (χ3n) is 1.97. The maximum Gasteiger partial charge on any atom is 0.0764 e. The number of hydrogen-bond donors (Lipinski definition) is 1. The minimum absolute atomic E-state index is 0. The molecule has 1 aromatic carbocycles. The third kappa shape index (κ3) is 8.75. The highest BCUT2D eigenvalue weighted by molar-refractivity contribution is 8.00. The second kappa shape index (κ2) is 10.0. The predicted molar refractivity (Wildman–Crippen MR) is 82.7 cm³/mol. The monoisotopic (exact) mass is 296 g/mol. The Morgan fingerprint density at radius 2 is 1.88 bits per heavy atom. The zero-order valence-electron chi connectivity index (χ0n) is 10.6. The van der Waals surface area contributed by atoms with E-state index in [-0.39, 0.29) is 23.3 Å². The number of hydrogen-bond acceptors (Lipinski definition) is 3. The van der Waals surface area contributed by atoms with Gasteiger partial charge in [0.25, 0.3) is 0 Å². The molecule has 0 heterocycles. The Labute approximate surface area is 120 Å². The van der Waals surface area contributed by atoms with Crippen LogP contribution < -0.4 is 6.15 Å². The van der Waals surface area contributed by atoms with Gasteiger partial charge in [0, 0.05) is 12.3 Å². The van der Waals surface area contributed by atoms with Crippen LogP contribution in [0.3, 0.4) is 0 Å². The lowest BCUT2D eigenvalue weighted by atomic mass is 10.1. The third-order valence-corrected chi connectivity index (χ3v) is 3.31. The molecule has 1 atom stereocenters. The summed E-state index contributed by atoms with van der Waals surface area (Å²) < 4.78 is 0.183. The van der Waals surface area contributed by atoms with Crippen molar-refractivity contribution in [2.45, 2.75) is 23.9 Å². The summed E-state index contributed by atoms with van der Waals surface area (Å²) in [4.78, 5) is 2.18. The zero-order valence-corrected chi connectivity index (χ0v) is 13.0. The largest absolute Gasteiger partial charge is 0.344 e. The minimum atomic E-state index is 0. The topological polar surface area (TPSA) is 38.2 Å². The zero-order chi connectivity index (χ0) is 11.3. The summed E-state index contributed by atoms with van der Waals surface area (Å²) in [5.74, 6) is 0.992. The fraction of sp³-hybridized carbons (Fsp3) is 0.500. The lowest BCUT2D eigenvalue weighted by molar-refractivity contribution is 0.402. The Balaban J connectivity index is 0. The summed E-state index contributed by atoms with van der Waals surface area (Å²) in [7, 11) is 4.17. The molecule has 0 aromatic heterocycles. The van der Waals surface area contributed by atoms with E-state index in [0.717, 1.165) is 12.3 Å². The average Bonchev–Trinajstić information content (AvgIpc) is 2.14. The number of thioether (sulfide) groups is 1. The smallest absolute Gasteiger partial charge is 0.0764 e. The minimum Gasteiger partial charge on any atom is -0.344 e. The molecule has 0 fully saturated rings. The maximum atomic E-state index is 5.91. The van der Waals surface area contributed by atoms with Gasteiger partial charge in [-0.2, -0.15) is 0 Å². The van der Waals surface area contributed by atoms with Crippen molar-refractivity contribution in [3.05, 3.63) is 35.4 Å². The normalized spacial score (nSPS) is 11.6.